The van der Waals surface area contributed by atoms with Crippen molar-refractivity contribution < 1.29 is 0 Å². The van der Waals surface area contributed by atoms with Crippen molar-refractivity contribution in [1.29, 1.82) is 0 Å². The fourth-order valence-corrected chi connectivity index (χ4v) is 1.51. The van der Waals surface area contributed by atoms with E-state index < -0.39 is 0 Å². The first-order valence-corrected chi connectivity index (χ1v) is 5.06. The Hall–Kier alpha value is -1.67. The Morgan fingerprint density at radius 3 is 2.93 bits per heavy atom. The van der Waals surface area contributed by atoms with Crippen LogP contribution in [0.25, 0.3) is 10.9 Å². The molecule has 2 heteroatoms. The van der Waals surface area contributed by atoms with Crippen LogP contribution in [0.1, 0.15) is 5.69 Å². The van der Waals surface area contributed by atoms with E-state index in [0.717, 1.165) is 24.3 Å². The molecule has 76 valence electrons. The maximum Gasteiger partial charge on any atom is 0.0705 e. The number of nitrogens with one attached hydrogen (secondary N) is 1. The quantitative estimate of drug-likeness (QED) is 0.603. The minimum absolute atomic E-state index is 0.789. The Kier molecular flexibility index (Phi) is 3.10. The smallest absolute Gasteiger partial charge is 0.0705 e. The molecule has 0 spiro atoms. The van der Waals surface area contributed by atoms with Gasteiger partial charge in [-0.15, -0.1) is 6.58 Å². The third kappa shape index (κ3) is 2.42. The Morgan fingerprint density at radius 1 is 1.20 bits per heavy atom. The Bertz CT molecular complexity index is 463. The monoisotopic (exact) mass is 198 g/mol. The second-order valence-corrected chi connectivity index (χ2v) is 3.41. The summed E-state index contributed by atoms with van der Waals surface area (Å²) in [6.07, 6.45) is 1.85. The lowest BCUT2D eigenvalue weighted by Gasteiger charge is -2.03. The second kappa shape index (κ2) is 4.71. The van der Waals surface area contributed by atoms with Crippen molar-refractivity contribution in [3.05, 3.63) is 54.7 Å². The van der Waals surface area contributed by atoms with Gasteiger partial charge in [0.15, 0.2) is 0 Å². The highest BCUT2D eigenvalue weighted by Crippen LogP contribution is 2.11. The molecule has 0 amide bonds. The van der Waals surface area contributed by atoms with Crippen LogP contribution in [0.15, 0.2) is 49.1 Å². The van der Waals surface area contributed by atoms with Crippen molar-refractivity contribution in [2.24, 2.45) is 0 Å². The zero-order chi connectivity index (χ0) is 10.5. The summed E-state index contributed by atoms with van der Waals surface area (Å²) in [4.78, 5) is 4.55. The van der Waals surface area contributed by atoms with Crippen LogP contribution in [0.2, 0.25) is 0 Å². The Balaban J connectivity index is 2.19. The highest BCUT2D eigenvalue weighted by molar-refractivity contribution is 5.78. The summed E-state index contributed by atoms with van der Waals surface area (Å²) < 4.78 is 0. The number of rotatable bonds is 4. The summed E-state index contributed by atoms with van der Waals surface area (Å²) in [5.41, 5.74) is 2.12. The van der Waals surface area contributed by atoms with Crippen LogP contribution >= 0.6 is 0 Å². The van der Waals surface area contributed by atoms with Crippen LogP contribution in [-0.2, 0) is 6.54 Å². The van der Waals surface area contributed by atoms with E-state index in [2.05, 4.69) is 35.1 Å². The first-order chi connectivity index (χ1) is 7.40. The molecule has 2 rings (SSSR count). The van der Waals surface area contributed by atoms with Gasteiger partial charge in [0.05, 0.1) is 11.2 Å². The Labute approximate surface area is 89.7 Å². The number of para-hydroxylation sites is 1. The highest BCUT2D eigenvalue weighted by atomic mass is 14.9. The van der Waals surface area contributed by atoms with Gasteiger partial charge in [-0.25, -0.2) is 0 Å². The molecule has 0 saturated heterocycles. The molecular formula is C13H14N2. The van der Waals surface area contributed by atoms with Gasteiger partial charge < -0.3 is 5.32 Å². The molecule has 0 aliphatic carbocycles. The van der Waals surface area contributed by atoms with Crippen molar-refractivity contribution in [2.75, 3.05) is 6.54 Å². The topological polar surface area (TPSA) is 24.9 Å². The van der Waals surface area contributed by atoms with Crippen LogP contribution in [0.3, 0.4) is 0 Å². The highest BCUT2D eigenvalue weighted by Gasteiger charge is 1.96. The second-order valence-electron chi connectivity index (χ2n) is 3.41. The minimum Gasteiger partial charge on any atom is -0.308 e. The molecule has 0 unspecified atom stereocenters. The molecule has 0 fully saturated rings. The first-order valence-electron chi connectivity index (χ1n) is 5.06. The van der Waals surface area contributed by atoms with E-state index in [1.54, 1.807) is 0 Å². The van der Waals surface area contributed by atoms with Gasteiger partial charge in [0.25, 0.3) is 0 Å². The van der Waals surface area contributed by atoms with E-state index >= 15 is 0 Å². The summed E-state index contributed by atoms with van der Waals surface area (Å²) in [7, 11) is 0. The summed E-state index contributed by atoms with van der Waals surface area (Å²) in [5, 5.41) is 4.42. The predicted molar refractivity (Wildman–Crippen MR) is 63.6 cm³/mol. The molecule has 0 aliphatic rings. The SMILES string of the molecule is C=CCNCc1ccc2ccccc2n1. The summed E-state index contributed by atoms with van der Waals surface area (Å²) in [5.74, 6) is 0. The Morgan fingerprint density at radius 2 is 2.07 bits per heavy atom. The van der Waals surface area contributed by atoms with Gasteiger partial charge in [-0.2, -0.15) is 0 Å². The van der Waals surface area contributed by atoms with Crippen LogP contribution < -0.4 is 5.32 Å². The molecule has 0 atom stereocenters. The van der Waals surface area contributed by atoms with E-state index in [9.17, 15) is 0 Å². The van der Waals surface area contributed by atoms with Crippen LogP contribution in [-0.4, -0.2) is 11.5 Å². The van der Waals surface area contributed by atoms with Crippen LogP contribution in [0.4, 0.5) is 0 Å². The molecular weight excluding hydrogens is 184 g/mol. The lowest BCUT2D eigenvalue weighted by molar-refractivity contribution is 0.744. The number of aromatic nitrogens is 1. The average molecular weight is 198 g/mol. The van der Waals surface area contributed by atoms with Gasteiger partial charge in [0.1, 0.15) is 0 Å². The molecule has 0 aliphatic heterocycles. The van der Waals surface area contributed by atoms with Crippen LogP contribution in [0, 0.1) is 0 Å². The molecule has 1 aromatic carbocycles. The molecule has 2 nitrogen and oxygen atoms in total. The van der Waals surface area contributed by atoms with Crippen molar-refractivity contribution in [2.45, 2.75) is 6.54 Å². The molecule has 1 heterocycles. The van der Waals surface area contributed by atoms with Gasteiger partial charge in [-0.1, -0.05) is 30.3 Å². The number of nitrogens with zero attached hydrogens (tertiary/aromatic N) is 1. The maximum atomic E-state index is 4.55. The lowest BCUT2D eigenvalue weighted by Crippen LogP contribution is -2.13. The third-order valence-electron chi connectivity index (χ3n) is 2.25. The van der Waals surface area contributed by atoms with Gasteiger partial charge in [0.2, 0.25) is 0 Å². The molecule has 0 radical (unpaired) electrons. The molecule has 1 aromatic heterocycles. The van der Waals surface area contributed by atoms with E-state index in [-0.39, 0.29) is 0 Å². The van der Waals surface area contributed by atoms with Gasteiger partial charge in [0, 0.05) is 18.5 Å². The fourth-order valence-electron chi connectivity index (χ4n) is 1.51. The van der Waals surface area contributed by atoms with Crippen molar-refractivity contribution in [3.63, 3.8) is 0 Å². The number of hydrogen-bond donors (Lipinski definition) is 1. The largest absolute Gasteiger partial charge is 0.308 e. The summed E-state index contributed by atoms with van der Waals surface area (Å²) >= 11 is 0. The lowest BCUT2D eigenvalue weighted by atomic mass is 10.2. The third-order valence-corrected chi connectivity index (χ3v) is 2.25. The van der Waals surface area contributed by atoms with E-state index in [1.807, 2.05) is 24.3 Å². The van der Waals surface area contributed by atoms with Gasteiger partial charge in [-0.3, -0.25) is 4.98 Å². The molecule has 0 saturated carbocycles. The van der Waals surface area contributed by atoms with Crippen molar-refractivity contribution in [1.82, 2.24) is 10.3 Å². The fraction of sp³-hybridized carbons (Fsp3) is 0.154. The number of benzene rings is 1. The normalized spacial score (nSPS) is 10.4. The van der Waals surface area contributed by atoms with Gasteiger partial charge >= 0.3 is 0 Å². The average Bonchev–Trinajstić information content (AvgIpc) is 2.29. The van der Waals surface area contributed by atoms with Crippen molar-refractivity contribution >= 4 is 10.9 Å². The van der Waals surface area contributed by atoms with E-state index in [4.69, 9.17) is 0 Å². The molecule has 0 bridgehead atoms. The number of fused-ring (bicyclic) bond motifs is 1. The maximum absolute atomic E-state index is 4.55. The zero-order valence-corrected chi connectivity index (χ0v) is 8.61. The summed E-state index contributed by atoms with van der Waals surface area (Å²) in [6.45, 7) is 5.26. The minimum atomic E-state index is 0.789. The summed E-state index contributed by atoms with van der Waals surface area (Å²) in [6, 6.07) is 12.3. The van der Waals surface area contributed by atoms with Crippen molar-refractivity contribution in [3.8, 4) is 0 Å². The number of hydrogen-bond acceptors (Lipinski definition) is 2. The van der Waals surface area contributed by atoms with Gasteiger partial charge in [-0.05, 0) is 12.1 Å². The van der Waals surface area contributed by atoms with E-state index in [1.165, 1.54) is 5.39 Å². The zero-order valence-electron chi connectivity index (χ0n) is 8.61. The van der Waals surface area contributed by atoms with Crippen LogP contribution in [0.5, 0.6) is 0 Å². The first kappa shape index (κ1) is 9.87. The molecule has 15 heavy (non-hydrogen) atoms. The molecule has 2 aromatic rings. The molecule has 1 N–H and O–H groups in total. The standard InChI is InChI=1S/C13H14N2/c1-2-9-14-10-12-8-7-11-5-3-4-6-13(11)15-12/h2-8,14H,1,9-10H2. The van der Waals surface area contributed by atoms with E-state index in [0.29, 0.717) is 0 Å². The predicted octanol–water partition coefficient (Wildman–Crippen LogP) is 2.51. The number of pyridine rings is 1.